The van der Waals surface area contributed by atoms with Crippen molar-refractivity contribution in [3.8, 4) is 0 Å². The Hall–Kier alpha value is -1.52. The summed E-state index contributed by atoms with van der Waals surface area (Å²) in [5.41, 5.74) is 0. The second kappa shape index (κ2) is 8.20. The van der Waals surface area contributed by atoms with E-state index in [1.165, 1.54) is 11.4 Å². The third-order valence-corrected chi connectivity index (χ3v) is 5.80. The molecule has 1 heterocycles. The number of carbonyl (C=O) groups is 2. The van der Waals surface area contributed by atoms with Crippen molar-refractivity contribution in [3.05, 3.63) is 30.3 Å². The number of likely N-dealkylation sites (tertiary alicyclic amines) is 1. The van der Waals surface area contributed by atoms with Gasteiger partial charge in [-0.15, -0.1) is 0 Å². The first kappa shape index (κ1) is 16.8. The van der Waals surface area contributed by atoms with Gasteiger partial charge in [-0.3, -0.25) is 0 Å². The Bertz CT molecular complexity index is 508. The Balaban J connectivity index is 2.04. The Morgan fingerprint density at radius 1 is 1.32 bits per heavy atom. The van der Waals surface area contributed by atoms with Crippen molar-refractivity contribution in [2.24, 2.45) is 0 Å². The maximum absolute atomic E-state index is 12.1. The molecule has 1 aromatic rings. The standard InChI is InChI=1S/C16H21NO4Se/c1-3-20-16(19)17-10-9-15(21-12(2)18)14(17)11-22-13-7-5-4-6-8-13/h4-8,14-15H,3,9-11H2,1-2H3/t14-,15-/m1/s1. The minimum absolute atomic E-state index is 0.0943. The zero-order chi connectivity index (χ0) is 15.9. The molecule has 0 unspecified atom stereocenters. The molecular weight excluding hydrogens is 349 g/mol. The number of ether oxygens (including phenoxy) is 2. The minimum atomic E-state index is -0.314. The van der Waals surface area contributed by atoms with Crippen LogP contribution in [0, 0.1) is 0 Å². The number of hydrogen-bond acceptors (Lipinski definition) is 4. The summed E-state index contributed by atoms with van der Waals surface area (Å²) >= 11 is 0.222. The van der Waals surface area contributed by atoms with Gasteiger partial charge in [-0.05, 0) is 0 Å². The number of carbonyl (C=O) groups excluding carboxylic acids is 2. The van der Waals surface area contributed by atoms with E-state index in [-0.39, 0.29) is 39.2 Å². The van der Waals surface area contributed by atoms with Crippen LogP contribution in [-0.2, 0) is 14.3 Å². The molecule has 1 amide bonds. The number of nitrogens with zero attached hydrogens (tertiary/aromatic N) is 1. The van der Waals surface area contributed by atoms with Gasteiger partial charge in [0.15, 0.2) is 0 Å². The molecule has 2 atom stereocenters. The summed E-state index contributed by atoms with van der Waals surface area (Å²) in [6.45, 7) is 4.13. The summed E-state index contributed by atoms with van der Waals surface area (Å²) in [5, 5.41) is 0.813. The Morgan fingerprint density at radius 2 is 2.05 bits per heavy atom. The van der Waals surface area contributed by atoms with Crippen molar-refractivity contribution >= 4 is 31.5 Å². The van der Waals surface area contributed by atoms with Crippen LogP contribution in [-0.4, -0.2) is 57.2 Å². The van der Waals surface area contributed by atoms with Crippen LogP contribution >= 0.6 is 0 Å². The first-order valence-corrected chi connectivity index (χ1v) is 9.47. The molecule has 0 bridgehead atoms. The molecule has 120 valence electrons. The fraction of sp³-hybridized carbons (Fsp3) is 0.500. The van der Waals surface area contributed by atoms with E-state index in [1.54, 1.807) is 11.8 Å². The predicted octanol–water partition coefficient (Wildman–Crippen LogP) is 1.60. The fourth-order valence-electron chi connectivity index (χ4n) is 2.50. The van der Waals surface area contributed by atoms with Gasteiger partial charge in [0, 0.05) is 0 Å². The van der Waals surface area contributed by atoms with Crippen LogP contribution in [0.15, 0.2) is 30.3 Å². The van der Waals surface area contributed by atoms with Gasteiger partial charge in [0.2, 0.25) is 0 Å². The summed E-state index contributed by atoms with van der Waals surface area (Å²) in [5.74, 6) is -0.298. The second-order valence-electron chi connectivity index (χ2n) is 5.02. The van der Waals surface area contributed by atoms with Crippen LogP contribution < -0.4 is 4.46 Å². The SMILES string of the molecule is CCOC(=O)N1CC[C@@H](OC(C)=O)[C@H]1C[Se]c1ccccc1. The normalized spacial score (nSPS) is 20.7. The van der Waals surface area contributed by atoms with Gasteiger partial charge < -0.3 is 0 Å². The molecule has 2 rings (SSSR count). The van der Waals surface area contributed by atoms with Crippen LogP contribution in [0.3, 0.4) is 0 Å². The summed E-state index contributed by atoms with van der Waals surface area (Å²) < 4.78 is 11.8. The van der Waals surface area contributed by atoms with E-state index in [9.17, 15) is 9.59 Å². The van der Waals surface area contributed by atoms with E-state index in [2.05, 4.69) is 12.1 Å². The van der Waals surface area contributed by atoms with E-state index < -0.39 is 0 Å². The van der Waals surface area contributed by atoms with Crippen LogP contribution in [0.5, 0.6) is 0 Å². The van der Waals surface area contributed by atoms with Crippen molar-refractivity contribution in [3.63, 3.8) is 0 Å². The van der Waals surface area contributed by atoms with Gasteiger partial charge in [-0.2, -0.15) is 0 Å². The average Bonchev–Trinajstić information content (AvgIpc) is 2.88. The van der Waals surface area contributed by atoms with Crippen LogP contribution in [0.1, 0.15) is 20.3 Å². The second-order valence-corrected chi connectivity index (χ2v) is 7.31. The zero-order valence-corrected chi connectivity index (χ0v) is 14.6. The third kappa shape index (κ3) is 4.49. The molecular formula is C16H21NO4Se. The van der Waals surface area contributed by atoms with Gasteiger partial charge in [0.05, 0.1) is 0 Å². The van der Waals surface area contributed by atoms with Gasteiger partial charge in [0.25, 0.3) is 0 Å². The Labute approximate surface area is 137 Å². The van der Waals surface area contributed by atoms with Crippen molar-refractivity contribution in [1.29, 1.82) is 0 Å². The van der Waals surface area contributed by atoms with E-state index in [1.807, 2.05) is 18.2 Å². The molecule has 5 nitrogen and oxygen atoms in total. The number of benzene rings is 1. The van der Waals surface area contributed by atoms with Crippen molar-refractivity contribution in [2.45, 2.75) is 37.7 Å². The molecule has 0 radical (unpaired) electrons. The molecule has 6 heteroatoms. The number of hydrogen-bond donors (Lipinski definition) is 0. The molecule has 1 aromatic carbocycles. The van der Waals surface area contributed by atoms with Crippen LogP contribution in [0.2, 0.25) is 5.32 Å². The van der Waals surface area contributed by atoms with E-state index in [4.69, 9.17) is 9.47 Å². The summed E-state index contributed by atoms with van der Waals surface area (Å²) in [7, 11) is 0. The number of rotatable bonds is 5. The topological polar surface area (TPSA) is 55.8 Å². The Morgan fingerprint density at radius 3 is 2.68 bits per heavy atom. The monoisotopic (exact) mass is 371 g/mol. The first-order chi connectivity index (χ1) is 10.6. The van der Waals surface area contributed by atoms with E-state index >= 15 is 0 Å². The molecule has 0 saturated carbocycles. The zero-order valence-electron chi connectivity index (χ0n) is 12.9. The number of esters is 1. The van der Waals surface area contributed by atoms with Gasteiger partial charge in [0.1, 0.15) is 0 Å². The third-order valence-electron chi connectivity index (χ3n) is 3.47. The van der Waals surface area contributed by atoms with Gasteiger partial charge >= 0.3 is 137 Å². The van der Waals surface area contributed by atoms with E-state index in [0.29, 0.717) is 19.6 Å². The average molecular weight is 370 g/mol. The quantitative estimate of drug-likeness (QED) is 0.584. The summed E-state index contributed by atoms with van der Waals surface area (Å²) in [4.78, 5) is 25.0. The summed E-state index contributed by atoms with van der Waals surface area (Å²) in [6, 6.07) is 10.1. The number of amides is 1. The van der Waals surface area contributed by atoms with Crippen LogP contribution in [0.25, 0.3) is 0 Å². The molecule has 0 spiro atoms. The molecule has 1 aliphatic heterocycles. The van der Waals surface area contributed by atoms with Crippen molar-refractivity contribution < 1.29 is 19.1 Å². The van der Waals surface area contributed by atoms with Gasteiger partial charge in [-0.25, -0.2) is 0 Å². The molecule has 1 saturated heterocycles. The van der Waals surface area contributed by atoms with Gasteiger partial charge in [-0.1, -0.05) is 0 Å². The summed E-state index contributed by atoms with van der Waals surface area (Å²) in [6.07, 6.45) is 0.131. The van der Waals surface area contributed by atoms with Crippen LogP contribution in [0.4, 0.5) is 4.79 Å². The molecule has 0 aromatic heterocycles. The maximum atomic E-state index is 12.1. The Kier molecular flexibility index (Phi) is 6.28. The van der Waals surface area contributed by atoms with E-state index in [0.717, 1.165) is 5.32 Å². The molecule has 22 heavy (non-hydrogen) atoms. The predicted molar refractivity (Wildman–Crippen MR) is 84.3 cm³/mol. The molecule has 1 fully saturated rings. The first-order valence-electron chi connectivity index (χ1n) is 7.40. The van der Waals surface area contributed by atoms with Crippen molar-refractivity contribution in [1.82, 2.24) is 4.90 Å². The molecule has 1 aliphatic rings. The van der Waals surface area contributed by atoms with Crippen molar-refractivity contribution in [2.75, 3.05) is 13.2 Å². The molecule has 0 N–H and O–H groups in total. The fourth-order valence-corrected chi connectivity index (χ4v) is 4.83. The molecule has 0 aliphatic carbocycles.